The van der Waals surface area contributed by atoms with Crippen LogP contribution >= 0.6 is 0 Å². The van der Waals surface area contributed by atoms with Gasteiger partial charge in [-0.3, -0.25) is 4.79 Å². The van der Waals surface area contributed by atoms with Crippen LogP contribution in [-0.2, 0) is 14.6 Å². The Hall–Kier alpha value is -1.56. The number of benzene rings is 1. The van der Waals surface area contributed by atoms with Gasteiger partial charge in [0.25, 0.3) is 0 Å². The van der Waals surface area contributed by atoms with Gasteiger partial charge in [-0.15, -0.1) is 0 Å². The number of para-hydroxylation sites is 1. The highest BCUT2D eigenvalue weighted by Crippen LogP contribution is 2.36. The van der Waals surface area contributed by atoms with Crippen LogP contribution in [0.4, 0.5) is 0 Å². The van der Waals surface area contributed by atoms with E-state index in [9.17, 15) is 13.2 Å². The molecule has 2 unspecified atom stereocenters. The summed E-state index contributed by atoms with van der Waals surface area (Å²) in [6, 6.07) is 7.65. The molecule has 1 aromatic rings. The molecule has 6 heteroatoms. The van der Waals surface area contributed by atoms with Crippen LogP contribution in [0.3, 0.4) is 0 Å². The highest BCUT2D eigenvalue weighted by Gasteiger charge is 2.34. The van der Waals surface area contributed by atoms with Crippen LogP contribution in [-0.4, -0.2) is 50.4 Å². The Morgan fingerprint density at radius 2 is 2.09 bits per heavy atom. The maximum atomic E-state index is 12.5. The van der Waals surface area contributed by atoms with Crippen molar-refractivity contribution >= 4 is 15.7 Å². The molecular formula is C16H21NO4S. The molecule has 1 aromatic carbocycles. The maximum absolute atomic E-state index is 12.5. The standard InChI is InChI=1S/C16H21NO4S/c1-17(13-7-9-22(19,20)11-13)16(18)10-12-6-8-21-15-5-3-2-4-14(12)15/h2-5,12-13H,6-11H2,1H3. The third kappa shape index (κ3) is 3.11. The Kier molecular flexibility index (Phi) is 4.12. The van der Waals surface area contributed by atoms with Gasteiger partial charge in [0.15, 0.2) is 9.84 Å². The molecule has 5 nitrogen and oxygen atoms in total. The summed E-state index contributed by atoms with van der Waals surface area (Å²) in [5.74, 6) is 1.31. The van der Waals surface area contributed by atoms with Crippen molar-refractivity contribution in [2.45, 2.75) is 31.2 Å². The molecule has 2 heterocycles. The van der Waals surface area contributed by atoms with Crippen molar-refractivity contribution < 1.29 is 17.9 Å². The molecule has 2 aliphatic heterocycles. The van der Waals surface area contributed by atoms with Gasteiger partial charge in [0.05, 0.1) is 18.1 Å². The SMILES string of the molecule is CN(C(=O)CC1CCOc2ccccc21)C1CCS(=O)(=O)C1. The third-order valence-corrected chi connectivity index (χ3v) is 6.40. The van der Waals surface area contributed by atoms with E-state index in [1.54, 1.807) is 11.9 Å². The van der Waals surface area contributed by atoms with Gasteiger partial charge >= 0.3 is 0 Å². The minimum atomic E-state index is -2.97. The molecule has 0 N–H and O–H groups in total. The van der Waals surface area contributed by atoms with Crippen molar-refractivity contribution in [3.05, 3.63) is 29.8 Å². The zero-order chi connectivity index (χ0) is 15.7. The fraction of sp³-hybridized carbons (Fsp3) is 0.562. The van der Waals surface area contributed by atoms with Gasteiger partial charge in [0.1, 0.15) is 5.75 Å². The number of hydrogen-bond donors (Lipinski definition) is 0. The Labute approximate surface area is 131 Å². The zero-order valence-corrected chi connectivity index (χ0v) is 13.5. The van der Waals surface area contributed by atoms with E-state index in [0.29, 0.717) is 19.4 Å². The van der Waals surface area contributed by atoms with Crippen LogP contribution in [0.15, 0.2) is 24.3 Å². The Morgan fingerprint density at radius 1 is 1.32 bits per heavy atom. The number of hydrogen-bond acceptors (Lipinski definition) is 4. The molecule has 0 aliphatic carbocycles. The van der Waals surface area contributed by atoms with E-state index in [4.69, 9.17) is 4.74 Å². The number of rotatable bonds is 3. The van der Waals surface area contributed by atoms with Crippen LogP contribution in [0, 0.1) is 0 Å². The van der Waals surface area contributed by atoms with E-state index < -0.39 is 9.84 Å². The average Bonchev–Trinajstić information content (AvgIpc) is 2.87. The molecule has 0 radical (unpaired) electrons. The smallest absolute Gasteiger partial charge is 0.223 e. The van der Waals surface area contributed by atoms with Crippen molar-refractivity contribution in [3.8, 4) is 5.75 Å². The first kappa shape index (κ1) is 15.3. The van der Waals surface area contributed by atoms with Gasteiger partial charge in [0.2, 0.25) is 5.91 Å². The van der Waals surface area contributed by atoms with E-state index in [0.717, 1.165) is 17.7 Å². The molecule has 120 valence electrons. The summed E-state index contributed by atoms with van der Waals surface area (Å²) in [7, 11) is -1.25. The lowest BCUT2D eigenvalue weighted by atomic mass is 9.89. The number of fused-ring (bicyclic) bond motifs is 1. The monoisotopic (exact) mass is 323 g/mol. The van der Waals surface area contributed by atoms with Gasteiger partial charge in [-0.1, -0.05) is 18.2 Å². The summed E-state index contributed by atoms with van der Waals surface area (Å²) < 4.78 is 28.8. The minimum absolute atomic E-state index is 0.0174. The normalized spacial score (nSPS) is 26.0. The molecule has 2 aliphatic rings. The van der Waals surface area contributed by atoms with Crippen molar-refractivity contribution in [2.75, 3.05) is 25.2 Å². The first-order chi connectivity index (χ1) is 10.5. The molecule has 0 spiro atoms. The first-order valence-electron chi connectivity index (χ1n) is 7.64. The summed E-state index contributed by atoms with van der Waals surface area (Å²) in [6.07, 6.45) is 1.78. The number of carbonyl (C=O) groups is 1. The molecule has 1 saturated heterocycles. The van der Waals surface area contributed by atoms with Crippen molar-refractivity contribution in [1.82, 2.24) is 4.90 Å². The third-order valence-electron chi connectivity index (χ3n) is 4.65. The van der Waals surface area contributed by atoms with Crippen molar-refractivity contribution in [2.24, 2.45) is 0 Å². The lowest BCUT2D eigenvalue weighted by molar-refractivity contribution is -0.132. The van der Waals surface area contributed by atoms with E-state index in [1.807, 2.05) is 24.3 Å². The van der Waals surface area contributed by atoms with Gasteiger partial charge in [-0.2, -0.15) is 0 Å². The predicted octanol–water partition coefficient (Wildman–Crippen LogP) is 1.59. The molecule has 1 amide bonds. The number of sulfone groups is 1. The molecule has 2 atom stereocenters. The van der Waals surface area contributed by atoms with Crippen LogP contribution in [0.5, 0.6) is 5.75 Å². The summed E-state index contributed by atoms with van der Waals surface area (Å²) in [6.45, 7) is 0.622. The largest absolute Gasteiger partial charge is 0.493 e. The van der Waals surface area contributed by atoms with E-state index in [1.165, 1.54) is 0 Å². The molecular weight excluding hydrogens is 302 g/mol. The van der Waals surface area contributed by atoms with Crippen molar-refractivity contribution in [3.63, 3.8) is 0 Å². The second kappa shape index (κ2) is 5.91. The molecule has 3 rings (SSSR count). The summed E-state index contributed by atoms with van der Waals surface area (Å²) in [5, 5.41) is 0. The van der Waals surface area contributed by atoms with Crippen LogP contribution in [0.25, 0.3) is 0 Å². The molecule has 22 heavy (non-hydrogen) atoms. The fourth-order valence-corrected chi connectivity index (χ4v) is 5.04. The summed E-state index contributed by atoms with van der Waals surface area (Å²) >= 11 is 0. The highest BCUT2D eigenvalue weighted by atomic mass is 32.2. The maximum Gasteiger partial charge on any atom is 0.223 e. The topological polar surface area (TPSA) is 63.7 Å². The van der Waals surface area contributed by atoms with Crippen LogP contribution < -0.4 is 4.74 Å². The van der Waals surface area contributed by atoms with Gasteiger partial charge in [-0.05, 0) is 30.4 Å². The van der Waals surface area contributed by atoms with E-state index in [-0.39, 0.29) is 29.4 Å². The minimum Gasteiger partial charge on any atom is -0.493 e. The average molecular weight is 323 g/mol. The van der Waals surface area contributed by atoms with Crippen molar-refractivity contribution in [1.29, 1.82) is 0 Å². The first-order valence-corrected chi connectivity index (χ1v) is 9.46. The number of ether oxygens (including phenoxy) is 1. The zero-order valence-electron chi connectivity index (χ0n) is 12.7. The molecule has 0 aromatic heterocycles. The Morgan fingerprint density at radius 3 is 2.82 bits per heavy atom. The Balaban J connectivity index is 1.68. The lowest BCUT2D eigenvalue weighted by Gasteiger charge is -2.29. The molecule has 1 fully saturated rings. The molecule has 0 saturated carbocycles. The number of amides is 1. The molecule has 0 bridgehead atoms. The number of carbonyl (C=O) groups excluding carboxylic acids is 1. The van der Waals surface area contributed by atoms with Gasteiger partial charge in [0, 0.05) is 19.5 Å². The van der Waals surface area contributed by atoms with E-state index in [2.05, 4.69) is 0 Å². The number of nitrogens with zero attached hydrogens (tertiary/aromatic N) is 1. The quantitative estimate of drug-likeness (QED) is 0.847. The van der Waals surface area contributed by atoms with Crippen LogP contribution in [0.1, 0.15) is 30.7 Å². The summed E-state index contributed by atoms with van der Waals surface area (Å²) in [5.41, 5.74) is 1.08. The van der Waals surface area contributed by atoms with E-state index >= 15 is 0 Å². The second-order valence-corrected chi connectivity index (χ2v) is 8.37. The van der Waals surface area contributed by atoms with Gasteiger partial charge in [-0.25, -0.2) is 8.42 Å². The summed E-state index contributed by atoms with van der Waals surface area (Å²) in [4.78, 5) is 14.1. The Bertz CT molecular complexity index is 670. The second-order valence-electron chi connectivity index (χ2n) is 6.14. The van der Waals surface area contributed by atoms with Crippen LogP contribution in [0.2, 0.25) is 0 Å². The predicted molar refractivity (Wildman–Crippen MR) is 83.7 cm³/mol. The van der Waals surface area contributed by atoms with Gasteiger partial charge < -0.3 is 9.64 Å². The highest BCUT2D eigenvalue weighted by molar-refractivity contribution is 7.91. The fourth-order valence-electron chi connectivity index (χ4n) is 3.27. The lowest BCUT2D eigenvalue weighted by Crippen LogP contribution is -2.38.